The summed E-state index contributed by atoms with van der Waals surface area (Å²) in [4.78, 5) is 15.1. The maximum Gasteiger partial charge on any atom is 0.223 e. The van der Waals surface area contributed by atoms with Crippen molar-refractivity contribution in [3.63, 3.8) is 0 Å². The molecule has 3 aromatic rings. The van der Waals surface area contributed by atoms with E-state index < -0.39 is 0 Å². The summed E-state index contributed by atoms with van der Waals surface area (Å²) >= 11 is 0. The van der Waals surface area contributed by atoms with Crippen molar-refractivity contribution in [2.45, 2.75) is 39.7 Å². The number of piperidine rings is 1. The highest BCUT2D eigenvalue weighted by molar-refractivity contribution is 5.79. The number of carbonyl (C=O) groups excluding carboxylic acids is 1. The standard InChI is InChI=1S/C22H29N7O3/c1-4-31-18-7-6-17(14-19(18)32-5-2)15(3)23-22(30)16-10-12-28(13-11-16)21-9-8-20-24-26-27-29(20)25-21/h6-9,14-16H,4-5,10-13H2,1-3H3,(H,23,30)/t15-/m1/s1. The second-order valence-electron chi connectivity index (χ2n) is 7.78. The van der Waals surface area contributed by atoms with Gasteiger partial charge in [-0.15, -0.1) is 14.8 Å². The number of carbonyl (C=O) groups is 1. The maximum atomic E-state index is 12.9. The Balaban J connectivity index is 1.34. The number of hydrogen-bond acceptors (Lipinski definition) is 8. The highest BCUT2D eigenvalue weighted by Crippen LogP contribution is 2.31. The van der Waals surface area contributed by atoms with Gasteiger partial charge in [-0.1, -0.05) is 6.07 Å². The Bertz CT molecular complexity index is 1060. The molecule has 0 bridgehead atoms. The molecule has 0 unspecified atom stereocenters. The first kappa shape index (κ1) is 21.8. The second-order valence-corrected chi connectivity index (χ2v) is 7.78. The van der Waals surface area contributed by atoms with Crippen molar-refractivity contribution in [2.24, 2.45) is 5.92 Å². The molecule has 1 aliphatic rings. The van der Waals surface area contributed by atoms with Crippen molar-refractivity contribution in [1.29, 1.82) is 0 Å². The zero-order valence-corrected chi connectivity index (χ0v) is 18.7. The van der Waals surface area contributed by atoms with Crippen LogP contribution in [-0.4, -0.2) is 57.5 Å². The Morgan fingerprint density at radius 1 is 1.12 bits per heavy atom. The summed E-state index contributed by atoms with van der Waals surface area (Å²) in [6, 6.07) is 9.45. The number of tetrazole rings is 1. The van der Waals surface area contributed by atoms with Crippen LogP contribution < -0.4 is 19.7 Å². The Hall–Kier alpha value is -3.43. The fraction of sp³-hybridized carbons (Fsp3) is 0.500. The molecule has 1 saturated heterocycles. The van der Waals surface area contributed by atoms with E-state index in [4.69, 9.17) is 9.47 Å². The largest absolute Gasteiger partial charge is 0.490 e. The summed E-state index contributed by atoms with van der Waals surface area (Å²) in [6.45, 7) is 8.51. The van der Waals surface area contributed by atoms with Gasteiger partial charge < -0.3 is 19.7 Å². The van der Waals surface area contributed by atoms with E-state index in [1.807, 2.05) is 51.1 Å². The molecule has 10 heteroatoms. The fourth-order valence-electron chi connectivity index (χ4n) is 3.93. The van der Waals surface area contributed by atoms with Gasteiger partial charge in [0.1, 0.15) is 0 Å². The third-order valence-electron chi connectivity index (χ3n) is 5.67. The van der Waals surface area contributed by atoms with E-state index in [1.54, 1.807) is 0 Å². The minimum absolute atomic E-state index is 0.0282. The van der Waals surface area contributed by atoms with Crippen LogP contribution in [-0.2, 0) is 4.79 Å². The number of ether oxygens (including phenoxy) is 2. The van der Waals surface area contributed by atoms with E-state index >= 15 is 0 Å². The minimum Gasteiger partial charge on any atom is -0.490 e. The molecule has 32 heavy (non-hydrogen) atoms. The predicted octanol–water partition coefficient (Wildman–Crippen LogP) is 2.41. The molecule has 0 saturated carbocycles. The van der Waals surface area contributed by atoms with Gasteiger partial charge in [0.25, 0.3) is 0 Å². The van der Waals surface area contributed by atoms with Gasteiger partial charge in [-0.25, -0.2) is 0 Å². The molecule has 3 heterocycles. The van der Waals surface area contributed by atoms with Gasteiger partial charge in [0.15, 0.2) is 23.0 Å². The smallest absolute Gasteiger partial charge is 0.223 e. The lowest BCUT2D eigenvalue weighted by atomic mass is 9.95. The maximum absolute atomic E-state index is 12.9. The number of fused-ring (bicyclic) bond motifs is 1. The van der Waals surface area contributed by atoms with Crippen molar-refractivity contribution in [3.8, 4) is 11.5 Å². The quantitative estimate of drug-likeness (QED) is 0.570. The lowest BCUT2D eigenvalue weighted by Crippen LogP contribution is -2.41. The van der Waals surface area contributed by atoms with Crippen LogP contribution in [0.25, 0.3) is 5.65 Å². The molecule has 1 amide bonds. The molecule has 1 N–H and O–H groups in total. The first-order valence-corrected chi connectivity index (χ1v) is 11.1. The highest BCUT2D eigenvalue weighted by Gasteiger charge is 2.27. The monoisotopic (exact) mass is 439 g/mol. The summed E-state index contributed by atoms with van der Waals surface area (Å²) < 4.78 is 12.8. The molecular weight excluding hydrogens is 410 g/mol. The third-order valence-corrected chi connectivity index (χ3v) is 5.67. The van der Waals surface area contributed by atoms with E-state index in [1.165, 1.54) is 4.63 Å². The minimum atomic E-state index is -0.126. The van der Waals surface area contributed by atoms with Crippen LogP contribution in [0.1, 0.15) is 45.2 Å². The number of benzene rings is 1. The summed E-state index contributed by atoms with van der Waals surface area (Å²) in [5.41, 5.74) is 1.60. The predicted molar refractivity (Wildman–Crippen MR) is 119 cm³/mol. The van der Waals surface area contributed by atoms with Crippen LogP contribution in [0.5, 0.6) is 11.5 Å². The Morgan fingerprint density at radius 3 is 2.62 bits per heavy atom. The SMILES string of the molecule is CCOc1ccc([C@@H](C)NC(=O)C2CCN(c3ccc4nnnn4n3)CC2)cc1OCC. The molecule has 1 fully saturated rings. The first-order valence-electron chi connectivity index (χ1n) is 11.1. The van der Waals surface area contributed by atoms with Crippen molar-refractivity contribution in [2.75, 3.05) is 31.2 Å². The van der Waals surface area contributed by atoms with E-state index in [9.17, 15) is 4.79 Å². The van der Waals surface area contributed by atoms with Gasteiger partial charge >= 0.3 is 0 Å². The molecular formula is C22H29N7O3. The van der Waals surface area contributed by atoms with Crippen LogP contribution in [0.2, 0.25) is 0 Å². The van der Waals surface area contributed by atoms with Crippen molar-refractivity contribution >= 4 is 17.4 Å². The lowest BCUT2D eigenvalue weighted by molar-refractivity contribution is -0.126. The molecule has 0 aliphatic carbocycles. The van der Waals surface area contributed by atoms with Crippen molar-refractivity contribution in [3.05, 3.63) is 35.9 Å². The molecule has 4 rings (SSSR count). The first-order chi connectivity index (χ1) is 15.6. The van der Waals surface area contributed by atoms with E-state index in [0.29, 0.717) is 24.6 Å². The highest BCUT2D eigenvalue weighted by atomic mass is 16.5. The van der Waals surface area contributed by atoms with Gasteiger partial charge in [0.2, 0.25) is 5.91 Å². The third kappa shape index (κ3) is 4.74. The second kappa shape index (κ2) is 9.80. The fourth-order valence-corrected chi connectivity index (χ4v) is 3.93. The van der Waals surface area contributed by atoms with Gasteiger partial charge in [-0.05, 0) is 73.9 Å². The van der Waals surface area contributed by atoms with E-state index in [2.05, 4.69) is 30.8 Å². The van der Waals surface area contributed by atoms with Crippen LogP contribution >= 0.6 is 0 Å². The number of nitrogens with zero attached hydrogens (tertiary/aromatic N) is 6. The Morgan fingerprint density at radius 2 is 1.88 bits per heavy atom. The van der Waals surface area contributed by atoms with Crippen LogP contribution in [0.4, 0.5) is 5.82 Å². The molecule has 0 radical (unpaired) electrons. The van der Waals surface area contributed by atoms with Gasteiger partial charge in [0.05, 0.1) is 19.3 Å². The molecule has 2 aromatic heterocycles. The van der Waals surface area contributed by atoms with Crippen LogP contribution in [0, 0.1) is 5.92 Å². The molecule has 1 atom stereocenters. The lowest BCUT2D eigenvalue weighted by Gasteiger charge is -2.32. The van der Waals surface area contributed by atoms with Crippen molar-refractivity contribution < 1.29 is 14.3 Å². The summed E-state index contributed by atoms with van der Waals surface area (Å²) in [5.74, 6) is 2.29. The van der Waals surface area contributed by atoms with E-state index in [0.717, 1.165) is 43.1 Å². The van der Waals surface area contributed by atoms with Crippen LogP contribution in [0.15, 0.2) is 30.3 Å². The van der Waals surface area contributed by atoms with Gasteiger partial charge in [-0.2, -0.15) is 0 Å². The number of nitrogens with one attached hydrogen (secondary N) is 1. The Kier molecular flexibility index (Phi) is 6.67. The number of amides is 1. The number of hydrogen-bond donors (Lipinski definition) is 1. The van der Waals surface area contributed by atoms with E-state index in [-0.39, 0.29) is 17.9 Å². The molecule has 10 nitrogen and oxygen atoms in total. The zero-order valence-electron chi connectivity index (χ0n) is 18.7. The molecule has 170 valence electrons. The Labute approximate surface area is 186 Å². The topological polar surface area (TPSA) is 107 Å². The van der Waals surface area contributed by atoms with Gasteiger partial charge in [-0.3, -0.25) is 4.79 Å². The molecule has 1 aliphatic heterocycles. The molecule has 0 spiro atoms. The average molecular weight is 440 g/mol. The number of anilines is 1. The number of rotatable bonds is 8. The normalized spacial score (nSPS) is 15.5. The average Bonchev–Trinajstić information content (AvgIpc) is 3.28. The summed E-state index contributed by atoms with van der Waals surface area (Å²) in [6.07, 6.45) is 1.53. The van der Waals surface area contributed by atoms with Gasteiger partial charge in [0, 0.05) is 19.0 Å². The zero-order chi connectivity index (χ0) is 22.5. The molecule has 1 aromatic carbocycles. The summed E-state index contributed by atoms with van der Waals surface area (Å²) in [7, 11) is 0. The summed E-state index contributed by atoms with van der Waals surface area (Å²) in [5, 5.41) is 18.9. The number of aromatic nitrogens is 5. The van der Waals surface area contributed by atoms with Crippen LogP contribution in [0.3, 0.4) is 0 Å². The van der Waals surface area contributed by atoms with Crippen molar-refractivity contribution in [1.82, 2.24) is 30.6 Å².